The molecule has 0 spiro atoms. The van der Waals surface area contributed by atoms with Crippen LogP contribution in [0.25, 0.3) is 28.0 Å². The van der Waals surface area contributed by atoms with Crippen LogP contribution in [0.2, 0.25) is 0 Å². The minimum absolute atomic E-state index is 0.121. The molecule has 2 aromatic carbocycles. The Labute approximate surface area is 156 Å². The predicted octanol–water partition coefficient (Wildman–Crippen LogP) is 3.43. The molecular formula is C21H18N4O2. The van der Waals surface area contributed by atoms with Crippen molar-refractivity contribution in [2.24, 2.45) is 0 Å². The van der Waals surface area contributed by atoms with E-state index in [1.807, 2.05) is 54.6 Å². The van der Waals surface area contributed by atoms with Gasteiger partial charge in [-0.2, -0.15) is 5.10 Å². The Bertz CT molecular complexity index is 1120. The van der Waals surface area contributed by atoms with Crippen molar-refractivity contribution >= 4 is 11.4 Å². The Hall–Kier alpha value is -3.67. The SMILES string of the molecule is CNC(=O)c1cccc(-c2cc3cc(-c4ccc(OC)cc4)nn3cn2)c1. The first-order valence-corrected chi connectivity index (χ1v) is 8.50. The van der Waals surface area contributed by atoms with Gasteiger partial charge in [0.05, 0.1) is 24.0 Å². The Balaban J connectivity index is 1.71. The number of hydrogen-bond donors (Lipinski definition) is 1. The number of carbonyl (C=O) groups excluding carboxylic acids is 1. The second kappa shape index (κ2) is 6.92. The van der Waals surface area contributed by atoms with Gasteiger partial charge in [0.15, 0.2) is 0 Å². The van der Waals surface area contributed by atoms with Gasteiger partial charge < -0.3 is 10.1 Å². The smallest absolute Gasteiger partial charge is 0.251 e. The average Bonchev–Trinajstić information content (AvgIpc) is 3.16. The van der Waals surface area contributed by atoms with Crippen molar-refractivity contribution in [1.29, 1.82) is 0 Å². The van der Waals surface area contributed by atoms with E-state index in [1.165, 1.54) is 0 Å². The molecular weight excluding hydrogens is 340 g/mol. The van der Waals surface area contributed by atoms with Crippen molar-refractivity contribution in [3.05, 3.63) is 72.6 Å². The Morgan fingerprint density at radius 2 is 1.78 bits per heavy atom. The molecule has 0 saturated carbocycles. The molecule has 0 aliphatic carbocycles. The lowest BCUT2D eigenvalue weighted by molar-refractivity contribution is 0.0963. The Kier molecular flexibility index (Phi) is 4.30. The van der Waals surface area contributed by atoms with Gasteiger partial charge in [-0.25, -0.2) is 9.50 Å². The second-order valence-electron chi connectivity index (χ2n) is 6.06. The summed E-state index contributed by atoms with van der Waals surface area (Å²) in [6.45, 7) is 0. The normalized spacial score (nSPS) is 10.7. The lowest BCUT2D eigenvalue weighted by Crippen LogP contribution is -2.17. The molecule has 6 heteroatoms. The van der Waals surface area contributed by atoms with Gasteiger partial charge in [0.1, 0.15) is 12.1 Å². The summed E-state index contributed by atoms with van der Waals surface area (Å²) >= 11 is 0. The lowest BCUT2D eigenvalue weighted by atomic mass is 10.1. The summed E-state index contributed by atoms with van der Waals surface area (Å²) in [6.07, 6.45) is 1.68. The van der Waals surface area contributed by atoms with E-state index in [0.717, 1.165) is 33.8 Å². The van der Waals surface area contributed by atoms with Crippen LogP contribution >= 0.6 is 0 Å². The molecule has 2 aromatic heterocycles. The average molecular weight is 358 g/mol. The molecule has 2 heterocycles. The van der Waals surface area contributed by atoms with Gasteiger partial charge >= 0.3 is 0 Å². The maximum Gasteiger partial charge on any atom is 0.251 e. The van der Waals surface area contributed by atoms with E-state index in [1.54, 1.807) is 31.1 Å². The highest BCUT2D eigenvalue weighted by atomic mass is 16.5. The molecule has 0 radical (unpaired) electrons. The first-order valence-electron chi connectivity index (χ1n) is 8.50. The van der Waals surface area contributed by atoms with Crippen molar-refractivity contribution in [3.8, 4) is 28.3 Å². The summed E-state index contributed by atoms with van der Waals surface area (Å²) in [4.78, 5) is 16.3. The van der Waals surface area contributed by atoms with Gasteiger partial charge in [-0.15, -0.1) is 0 Å². The van der Waals surface area contributed by atoms with Crippen molar-refractivity contribution in [1.82, 2.24) is 19.9 Å². The number of benzene rings is 2. The first kappa shape index (κ1) is 16.8. The van der Waals surface area contributed by atoms with Gasteiger partial charge in [0, 0.05) is 23.7 Å². The molecule has 0 aliphatic rings. The number of carbonyl (C=O) groups is 1. The van der Waals surface area contributed by atoms with Crippen LogP contribution < -0.4 is 10.1 Å². The number of fused-ring (bicyclic) bond motifs is 1. The van der Waals surface area contributed by atoms with Crippen LogP contribution in [-0.2, 0) is 0 Å². The summed E-state index contributed by atoms with van der Waals surface area (Å²) in [5.41, 5.74) is 5.05. The summed E-state index contributed by atoms with van der Waals surface area (Å²) in [7, 11) is 3.26. The second-order valence-corrected chi connectivity index (χ2v) is 6.06. The van der Waals surface area contributed by atoms with E-state index >= 15 is 0 Å². The molecule has 0 bridgehead atoms. The van der Waals surface area contributed by atoms with Crippen LogP contribution in [0.1, 0.15) is 10.4 Å². The van der Waals surface area contributed by atoms with Crippen molar-refractivity contribution in [2.45, 2.75) is 0 Å². The van der Waals surface area contributed by atoms with Crippen LogP contribution in [0.4, 0.5) is 0 Å². The highest BCUT2D eigenvalue weighted by Crippen LogP contribution is 2.25. The highest BCUT2D eigenvalue weighted by molar-refractivity contribution is 5.95. The quantitative estimate of drug-likeness (QED) is 0.607. The number of aromatic nitrogens is 3. The highest BCUT2D eigenvalue weighted by Gasteiger charge is 2.09. The van der Waals surface area contributed by atoms with Crippen LogP contribution in [0.5, 0.6) is 5.75 Å². The maximum atomic E-state index is 11.9. The van der Waals surface area contributed by atoms with Crippen LogP contribution in [0, 0.1) is 0 Å². The standard InChI is InChI=1S/C21H18N4O2/c1-22-21(26)16-5-3-4-15(10-16)19-11-17-12-20(24-25(17)13-23-19)14-6-8-18(27-2)9-7-14/h3-13H,1-2H3,(H,22,26). The third-order valence-electron chi connectivity index (χ3n) is 4.39. The number of ether oxygens (including phenoxy) is 1. The van der Waals surface area contributed by atoms with Gasteiger partial charge in [-0.1, -0.05) is 12.1 Å². The molecule has 27 heavy (non-hydrogen) atoms. The number of amides is 1. The van der Waals surface area contributed by atoms with Crippen LogP contribution in [-0.4, -0.2) is 34.7 Å². The number of methoxy groups -OCH3 is 1. The molecule has 0 saturated heterocycles. The zero-order chi connectivity index (χ0) is 18.8. The number of hydrogen-bond acceptors (Lipinski definition) is 4. The third-order valence-corrected chi connectivity index (χ3v) is 4.39. The molecule has 0 fully saturated rings. The summed E-state index contributed by atoms with van der Waals surface area (Å²) in [5, 5.41) is 7.22. The largest absolute Gasteiger partial charge is 0.497 e. The van der Waals surface area contributed by atoms with Crippen molar-refractivity contribution < 1.29 is 9.53 Å². The molecule has 4 aromatic rings. The van der Waals surface area contributed by atoms with Gasteiger partial charge in [0.25, 0.3) is 5.91 Å². The number of rotatable bonds is 4. The van der Waals surface area contributed by atoms with Gasteiger partial charge in [0.2, 0.25) is 0 Å². The van der Waals surface area contributed by atoms with Crippen molar-refractivity contribution in [2.75, 3.05) is 14.2 Å². The van der Waals surface area contributed by atoms with Gasteiger partial charge in [-0.3, -0.25) is 4.79 Å². The number of nitrogens with one attached hydrogen (secondary N) is 1. The molecule has 0 aliphatic heterocycles. The topological polar surface area (TPSA) is 68.5 Å². The van der Waals surface area contributed by atoms with Crippen LogP contribution in [0.3, 0.4) is 0 Å². The molecule has 0 unspecified atom stereocenters. The van der Waals surface area contributed by atoms with E-state index in [0.29, 0.717) is 5.56 Å². The predicted molar refractivity (Wildman–Crippen MR) is 104 cm³/mol. The maximum absolute atomic E-state index is 11.9. The molecule has 0 atom stereocenters. The molecule has 1 N–H and O–H groups in total. The summed E-state index contributed by atoms with van der Waals surface area (Å²) < 4.78 is 6.94. The minimum atomic E-state index is -0.121. The fourth-order valence-corrected chi connectivity index (χ4v) is 2.93. The van der Waals surface area contributed by atoms with E-state index in [-0.39, 0.29) is 5.91 Å². The third kappa shape index (κ3) is 3.25. The molecule has 134 valence electrons. The molecule has 1 amide bonds. The summed E-state index contributed by atoms with van der Waals surface area (Å²) in [5.74, 6) is 0.687. The van der Waals surface area contributed by atoms with Crippen molar-refractivity contribution in [3.63, 3.8) is 0 Å². The fraction of sp³-hybridized carbons (Fsp3) is 0.0952. The number of nitrogens with zero attached hydrogens (tertiary/aromatic N) is 3. The molecule has 6 nitrogen and oxygen atoms in total. The lowest BCUT2D eigenvalue weighted by Gasteiger charge is -2.04. The van der Waals surface area contributed by atoms with Gasteiger partial charge in [-0.05, 0) is 48.5 Å². The van der Waals surface area contributed by atoms with E-state index in [4.69, 9.17) is 4.74 Å². The van der Waals surface area contributed by atoms with Crippen LogP contribution in [0.15, 0.2) is 67.0 Å². The Morgan fingerprint density at radius 3 is 2.52 bits per heavy atom. The minimum Gasteiger partial charge on any atom is -0.497 e. The monoisotopic (exact) mass is 358 g/mol. The summed E-state index contributed by atoms with van der Waals surface area (Å²) in [6, 6.07) is 19.1. The fourth-order valence-electron chi connectivity index (χ4n) is 2.93. The first-order chi connectivity index (χ1) is 13.2. The molecule has 4 rings (SSSR count). The van der Waals surface area contributed by atoms with E-state index < -0.39 is 0 Å². The Morgan fingerprint density at radius 1 is 1.00 bits per heavy atom. The van der Waals surface area contributed by atoms with E-state index in [9.17, 15) is 4.79 Å². The zero-order valence-corrected chi connectivity index (χ0v) is 15.0. The van der Waals surface area contributed by atoms with E-state index in [2.05, 4.69) is 15.4 Å². The zero-order valence-electron chi connectivity index (χ0n) is 15.0.